The summed E-state index contributed by atoms with van der Waals surface area (Å²) in [5, 5.41) is 6.70. The molecule has 2 aromatic carbocycles. The number of rotatable bonds is 5. The molecule has 0 bridgehead atoms. The minimum absolute atomic E-state index is 0.00719. The first-order valence-electron chi connectivity index (χ1n) is 11.4. The van der Waals surface area contributed by atoms with Gasteiger partial charge in [-0.1, -0.05) is 29.8 Å². The first-order valence-corrected chi connectivity index (χ1v) is 12.5. The van der Waals surface area contributed by atoms with E-state index in [0.29, 0.717) is 70.1 Å². The van der Waals surface area contributed by atoms with Gasteiger partial charge in [0.15, 0.2) is 22.1 Å². The molecule has 4 aromatic rings. The molecule has 1 saturated heterocycles. The Morgan fingerprint density at radius 2 is 2.08 bits per heavy atom. The summed E-state index contributed by atoms with van der Waals surface area (Å²) >= 11 is 8.03. The number of fused-ring (bicyclic) bond motifs is 2. The Morgan fingerprint density at radius 3 is 2.92 bits per heavy atom. The molecule has 0 spiro atoms. The number of nitrogens with zero attached hydrogens (tertiary/aromatic N) is 3. The molecule has 11 heteroatoms. The molecule has 2 aromatic heterocycles. The van der Waals surface area contributed by atoms with Gasteiger partial charge in [-0.3, -0.25) is 4.79 Å². The second-order valence-electron chi connectivity index (χ2n) is 8.43. The van der Waals surface area contributed by atoms with Crippen LogP contribution in [0.15, 0.2) is 48.3 Å². The summed E-state index contributed by atoms with van der Waals surface area (Å²) < 4.78 is 15.8. The van der Waals surface area contributed by atoms with Crippen molar-refractivity contribution in [1.82, 2.24) is 19.7 Å². The Kier molecular flexibility index (Phi) is 5.82. The summed E-state index contributed by atoms with van der Waals surface area (Å²) in [5.41, 5.74) is 10.4. The normalized spacial score (nSPS) is 17.3. The van der Waals surface area contributed by atoms with E-state index >= 15 is 0 Å². The van der Waals surface area contributed by atoms with Gasteiger partial charge in [0.2, 0.25) is 5.91 Å². The van der Waals surface area contributed by atoms with Crippen molar-refractivity contribution in [2.75, 3.05) is 18.5 Å². The Hall–Kier alpha value is -3.89. The molecular formula is C25H21ClN6O3S. The van der Waals surface area contributed by atoms with Crippen molar-refractivity contribution < 1.29 is 14.3 Å². The number of hydrogen-bond acceptors (Lipinski definition) is 9. The molecule has 1 fully saturated rings. The number of nitrogens with one attached hydrogen (secondary N) is 2. The van der Waals surface area contributed by atoms with Gasteiger partial charge in [0.1, 0.15) is 18.7 Å². The third-order valence-corrected chi connectivity index (χ3v) is 7.16. The highest BCUT2D eigenvalue weighted by Crippen LogP contribution is 2.40. The van der Waals surface area contributed by atoms with Crippen molar-refractivity contribution >= 4 is 57.0 Å². The second-order valence-corrected chi connectivity index (χ2v) is 9.56. The smallest absolute Gasteiger partial charge is 0.220 e. The van der Waals surface area contributed by atoms with Crippen molar-refractivity contribution in [3.63, 3.8) is 0 Å². The molecular weight excluding hydrogens is 500 g/mol. The number of anilines is 2. The first-order chi connectivity index (χ1) is 17.5. The minimum Gasteiger partial charge on any atom is -0.486 e. The average Bonchev–Trinajstić information content (AvgIpc) is 3.51. The monoisotopic (exact) mass is 520 g/mol. The van der Waals surface area contributed by atoms with Crippen LogP contribution in [0.25, 0.3) is 27.6 Å². The molecule has 182 valence electrons. The largest absolute Gasteiger partial charge is 0.486 e. The van der Waals surface area contributed by atoms with Crippen LogP contribution in [0.2, 0.25) is 5.02 Å². The molecule has 0 aliphatic carbocycles. The zero-order chi connectivity index (χ0) is 24.6. The molecule has 0 radical (unpaired) electrons. The van der Waals surface area contributed by atoms with E-state index in [0.717, 1.165) is 16.9 Å². The molecule has 1 unspecified atom stereocenters. The molecule has 4 N–H and O–H groups in total. The molecule has 2 aliphatic rings. The predicted octanol–water partition coefficient (Wildman–Crippen LogP) is 4.50. The topological polar surface area (TPSA) is 124 Å². The number of nitrogens with two attached hydrogens (primary N) is 1. The van der Waals surface area contributed by atoms with Gasteiger partial charge in [0.05, 0.1) is 28.6 Å². The van der Waals surface area contributed by atoms with Crippen LogP contribution in [0.4, 0.5) is 11.5 Å². The van der Waals surface area contributed by atoms with Gasteiger partial charge in [-0.25, -0.2) is 9.97 Å². The molecule has 1 amide bonds. The lowest BCUT2D eigenvalue weighted by molar-refractivity contribution is -0.119. The van der Waals surface area contributed by atoms with Crippen LogP contribution < -0.4 is 25.8 Å². The fourth-order valence-corrected chi connectivity index (χ4v) is 5.19. The summed E-state index contributed by atoms with van der Waals surface area (Å²) in [6, 6.07) is 11.4. The maximum absolute atomic E-state index is 11.5. The van der Waals surface area contributed by atoms with E-state index in [2.05, 4.69) is 25.0 Å². The number of ether oxygens (including phenoxy) is 2. The zero-order valence-corrected chi connectivity index (χ0v) is 20.5. The summed E-state index contributed by atoms with van der Waals surface area (Å²) in [6.07, 6.45) is 4.53. The molecule has 2 aliphatic heterocycles. The van der Waals surface area contributed by atoms with Crippen molar-refractivity contribution in [3.05, 3.63) is 59.0 Å². The Bertz CT molecular complexity index is 1520. The van der Waals surface area contributed by atoms with E-state index in [1.165, 1.54) is 11.5 Å². The van der Waals surface area contributed by atoms with Gasteiger partial charge in [0, 0.05) is 17.7 Å². The van der Waals surface area contributed by atoms with Crippen molar-refractivity contribution in [2.45, 2.75) is 18.9 Å². The lowest BCUT2D eigenvalue weighted by Gasteiger charge is -2.19. The summed E-state index contributed by atoms with van der Waals surface area (Å²) in [5.74, 6) is 2.00. The Labute approximate surface area is 215 Å². The fourth-order valence-electron chi connectivity index (χ4n) is 4.22. The number of carbonyl (C=O) groups is 1. The average molecular weight is 521 g/mol. The van der Waals surface area contributed by atoms with Gasteiger partial charge < -0.3 is 25.8 Å². The number of hydrogen-bond donors (Lipinski definition) is 3. The van der Waals surface area contributed by atoms with E-state index in [1.807, 2.05) is 36.4 Å². The van der Waals surface area contributed by atoms with Crippen LogP contribution in [0.1, 0.15) is 18.5 Å². The van der Waals surface area contributed by atoms with Crippen molar-refractivity contribution in [2.24, 2.45) is 5.73 Å². The van der Waals surface area contributed by atoms with E-state index in [1.54, 1.807) is 12.3 Å². The van der Waals surface area contributed by atoms with Crippen LogP contribution >= 0.6 is 23.1 Å². The highest BCUT2D eigenvalue weighted by molar-refractivity contribution is 7.13. The number of benzene rings is 2. The number of halogens is 1. The van der Waals surface area contributed by atoms with Gasteiger partial charge in [-0.15, -0.1) is 0 Å². The zero-order valence-electron chi connectivity index (χ0n) is 19.0. The number of carbonyl (C=O) groups excluding carboxylic acids is 1. The Morgan fingerprint density at radius 1 is 1.22 bits per heavy atom. The highest BCUT2D eigenvalue weighted by atomic mass is 35.5. The van der Waals surface area contributed by atoms with E-state index < -0.39 is 0 Å². The van der Waals surface area contributed by atoms with Crippen LogP contribution in [-0.4, -0.2) is 39.5 Å². The molecule has 4 heterocycles. The third-order valence-electron chi connectivity index (χ3n) is 6.02. The number of aromatic nitrogens is 3. The maximum atomic E-state index is 11.5. The van der Waals surface area contributed by atoms with Crippen molar-refractivity contribution in [1.29, 1.82) is 0 Å². The fraction of sp³-hybridized carbons (Fsp3) is 0.200. The number of amides is 1. The van der Waals surface area contributed by atoms with Gasteiger partial charge in [-0.05, 0) is 47.8 Å². The van der Waals surface area contributed by atoms with Gasteiger partial charge in [0.25, 0.3) is 0 Å². The molecule has 6 rings (SSSR count). The van der Waals surface area contributed by atoms with E-state index in [-0.39, 0.29) is 11.9 Å². The Balaban J connectivity index is 1.26. The quantitative estimate of drug-likeness (QED) is 0.351. The standard InChI is InChI=1S/C25H21ClN6O3S/c26-22-15(13-4-6-19-20(10-13)35-9-8-34-19)2-1-3-18(22)31-24-23-25(36-32-24)29-14(12-28-23)11-16(27)17-5-7-21(33)30-17/h1-4,6,10-12,17H,5,7-9,27H2,(H,30,33)(H,31,32). The highest BCUT2D eigenvalue weighted by Gasteiger charge is 2.23. The summed E-state index contributed by atoms with van der Waals surface area (Å²) in [7, 11) is 0. The lowest BCUT2D eigenvalue weighted by atomic mass is 10.0. The lowest BCUT2D eigenvalue weighted by Crippen LogP contribution is -2.30. The predicted molar refractivity (Wildman–Crippen MR) is 140 cm³/mol. The van der Waals surface area contributed by atoms with Crippen LogP contribution in [0, 0.1) is 0 Å². The molecule has 9 nitrogen and oxygen atoms in total. The second kappa shape index (κ2) is 9.29. The summed E-state index contributed by atoms with van der Waals surface area (Å²) in [4.78, 5) is 21.3. The first kappa shape index (κ1) is 22.6. The van der Waals surface area contributed by atoms with Crippen molar-refractivity contribution in [3.8, 4) is 22.6 Å². The third kappa shape index (κ3) is 4.29. The van der Waals surface area contributed by atoms with E-state index in [4.69, 9.17) is 26.8 Å². The van der Waals surface area contributed by atoms with Gasteiger partial charge in [-0.2, -0.15) is 4.37 Å². The summed E-state index contributed by atoms with van der Waals surface area (Å²) in [6.45, 7) is 1.06. The van der Waals surface area contributed by atoms with Crippen LogP contribution in [-0.2, 0) is 4.79 Å². The minimum atomic E-state index is -0.169. The maximum Gasteiger partial charge on any atom is 0.220 e. The molecule has 0 saturated carbocycles. The molecule has 36 heavy (non-hydrogen) atoms. The SMILES string of the molecule is NC(=Cc1cnc2c(Nc3cccc(-c4ccc5c(c4)OCCO5)c3Cl)nsc2n1)C1CCC(=O)N1. The van der Waals surface area contributed by atoms with Crippen LogP contribution in [0.3, 0.4) is 0 Å². The van der Waals surface area contributed by atoms with Crippen LogP contribution in [0.5, 0.6) is 11.5 Å². The van der Waals surface area contributed by atoms with E-state index in [9.17, 15) is 4.79 Å². The van der Waals surface area contributed by atoms with Gasteiger partial charge >= 0.3 is 0 Å². The molecule has 1 atom stereocenters.